The van der Waals surface area contributed by atoms with E-state index in [1.54, 1.807) is 13.0 Å². The Morgan fingerprint density at radius 2 is 2.03 bits per heavy atom. The van der Waals surface area contributed by atoms with Crippen molar-refractivity contribution in [3.05, 3.63) is 94.7 Å². The van der Waals surface area contributed by atoms with Gasteiger partial charge in [0.05, 0.1) is 12.6 Å². The van der Waals surface area contributed by atoms with Crippen molar-refractivity contribution in [2.45, 2.75) is 13.0 Å². The van der Waals surface area contributed by atoms with Crippen LogP contribution >= 0.6 is 0 Å². The number of rotatable bonds is 7. The molecule has 0 radical (unpaired) electrons. The number of fused-ring (bicyclic) bond motifs is 1. The molecule has 178 valence electrons. The van der Waals surface area contributed by atoms with E-state index in [0.29, 0.717) is 17.0 Å². The molecule has 1 amide bonds. The Bertz CT molecular complexity index is 1390. The normalized spacial score (nSPS) is 11.6. The van der Waals surface area contributed by atoms with Crippen LogP contribution in [0.15, 0.2) is 60.7 Å². The molecule has 0 saturated heterocycles. The molecule has 0 spiro atoms. The Morgan fingerprint density at radius 3 is 2.83 bits per heavy atom. The van der Waals surface area contributed by atoms with Gasteiger partial charge in [-0.3, -0.25) is 4.79 Å². The number of pyridine rings is 1. The summed E-state index contributed by atoms with van der Waals surface area (Å²) in [6, 6.07) is 15.3. The lowest BCUT2D eigenvalue weighted by Crippen LogP contribution is -2.30. The Hall–Kier alpha value is -4.22. The molecule has 2 aromatic carbocycles. The summed E-state index contributed by atoms with van der Waals surface area (Å²) >= 11 is 0. The van der Waals surface area contributed by atoms with Crippen LogP contribution < -0.4 is 5.32 Å². The van der Waals surface area contributed by atoms with E-state index in [-0.39, 0.29) is 30.2 Å². The molecule has 0 saturated carbocycles. The number of hydrogen-bond donors (Lipinski definition) is 3. The van der Waals surface area contributed by atoms with Crippen molar-refractivity contribution in [2.24, 2.45) is 0 Å². The number of aromatic amines is 1. The molecule has 1 atom stereocenters. The number of para-hydroxylation sites is 1. The van der Waals surface area contributed by atoms with Crippen molar-refractivity contribution in [1.82, 2.24) is 15.3 Å². The number of phenolic OH excluding ortho intramolecular Hbond substituents is 1. The van der Waals surface area contributed by atoms with Crippen molar-refractivity contribution < 1.29 is 23.4 Å². The number of nitrogens with zero attached hydrogens (tertiary/aromatic N) is 1. The SMILES string of the molecule is Cc1cc(C#CCOCCF)cc(C(=O)NC(c2cc3ccccc3[nH]2)c2cc(F)ccc2O)n1. The number of carbonyl (C=O) groups excluding carboxylic acids is 1. The largest absolute Gasteiger partial charge is 0.508 e. The number of aromatic hydroxyl groups is 1. The monoisotopic (exact) mass is 475 g/mol. The average molecular weight is 475 g/mol. The van der Waals surface area contributed by atoms with Crippen LogP contribution in [0.25, 0.3) is 10.9 Å². The lowest BCUT2D eigenvalue weighted by molar-refractivity contribution is 0.0936. The van der Waals surface area contributed by atoms with Crippen LogP contribution in [-0.2, 0) is 4.74 Å². The van der Waals surface area contributed by atoms with E-state index in [1.165, 1.54) is 18.2 Å². The number of benzene rings is 2. The molecule has 0 aliphatic carbocycles. The molecule has 0 fully saturated rings. The van der Waals surface area contributed by atoms with Gasteiger partial charge in [-0.25, -0.2) is 13.8 Å². The second-order valence-corrected chi connectivity index (χ2v) is 7.85. The molecule has 0 bridgehead atoms. The second kappa shape index (κ2) is 10.8. The van der Waals surface area contributed by atoms with Gasteiger partial charge in [0.25, 0.3) is 5.91 Å². The first-order valence-corrected chi connectivity index (χ1v) is 10.9. The van der Waals surface area contributed by atoms with Crippen LogP contribution in [-0.4, -0.2) is 40.9 Å². The first-order valence-electron chi connectivity index (χ1n) is 10.9. The Kier molecular flexibility index (Phi) is 7.38. The Balaban J connectivity index is 1.67. The summed E-state index contributed by atoms with van der Waals surface area (Å²) in [6.45, 7) is 1.18. The highest BCUT2D eigenvalue weighted by atomic mass is 19.1. The summed E-state index contributed by atoms with van der Waals surface area (Å²) in [5.74, 6) is 4.41. The number of aromatic nitrogens is 2. The zero-order valence-corrected chi connectivity index (χ0v) is 18.9. The predicted octanol–water partition coefficient (Wildman–Crippen LogP) is 4.57. The lowest BCUT2D eigenvalue weighted by atomic mass is 10.0. The zero-order chi connectivity index (χ0) is 24.8. The molecule has 2 aromatic heterocycles. The van der Waals surface area contributed by atoms with Crippen LogP contribution in [0, 0.1) is 24.6 Å². The predicted molar refractivity (Wildman–Crippen MR) is 128 cm³/mol. The van der Waals surface area contributed by atoms with Gasteiger partial charge in [-0.05, 0) is 54.8 Å². The fraction of sp³-hybridized carbons (Fsp3) is 0.185. The topological polar surface area (TPSA) is 87.2 Å². The molecule has 6 nitrogen and oxygen atoms in total. The van der Waals surface area contributed by atoms with Crippen molar-refractivity contribution in [2.75, 3.05) is 19.9 Å². The van der Waals surface area contributed by atoms with Gasteiger partial charge in [0.2, 0.25) is 0 Å². The molecular formula is C27H23F2N3O3. The quantitative estimate of drug-likeness (QED) is 0.270. The Labute approximate surface area is 201 Å². The van der Waals surface area contributed by atoms with Crippen molar-refractivity contribution in [1.29, 1.82) is 0 Å². The van der Waals surface area contributed by atoms with Crippen LogP contribution in [0.4, 0.5) is 8.78 Å². The highest BCUT2D eigenvalue weighted by Gasteiger charge is 2.24. The molecule has 2 heterocycles. The molecule has 4 aromatic rings. The standard InChI is InChI=1S/C27H23F2N3O3/c1-17-13-18(5-4-11-35-12-10-28)14-24(30-17)27(34)32-26(21-16-20(29)8-9-25(21)33)23-15-19-6-2-3-7-22(19)31-23/h2-3,6-9,13-16,26,31,33H,10-12H2,1H3,(H,32,34). The summed E-state index contributed by atoms with van der Waals surface area (Å²) in [7, 11) is 0. The minimum absolute atomic E-state index is 0.0280. The summed E-state index contributed by atoms with van der Waals surface area (Å²) in [6.07, 6.45) is 0. The third kappa shape index (κ3) is 5.83. The zero-order valence-electron chi connectivity index (χ0n) is 18.9. The van der Waals surface area contributed by atoms with Gasteiger partial charge in [-0.2, -0.15) is 0 Å². The fourth-order valence-corrected chi connectivity index (χ4v) is 3.71. The van der Waals surface area contributed by atoms with Gasteiger partial charge in [0.15, 0.2) is 0 Å². The molecule has 4 rings (SSSR count). The number of hydrogen-bond acceptors (Lipinski definition) is 4. The van der Waals surface area contributed by atoms with Crippen LogP contribution in [0.3, 0.4) is 0 Å². The highest BCUT2D eigenvalue weighted by molar-refractivity contribution is 5.93. The van der Waals surface area contributed by atoms with Gasteiger partial charge in [0, 0.05) is 28.0 Å². The minimum atomic E-state index is -0.878. The fourth-order valence-electron chi connectivity index (χ4n) is 3.71. The van der Waals surface area contributed by atoms with Gasteiger partial charge >= 0.3 is 0 Å². The average Bonchev–Trinajstić information content (AvgIpc) is 3.27. The maximum absolute atomic E-state index is 14.1. The third-order valence-electron chi connectivity index (χ3n) is 5.25. The van der Waals surface area contributed by atoms with E-state index in [4.69, 9.17) is 4.74 Å². The van der Waals surface area contributed by atoms with Crippen molar-refractivity contribution in [3.8, 4) is 17.6 Å². The number of ether oxygens (including phenoxy) is 1. The van der Waals surface area contributed by atoms with Gasteiger partial charge in [-0.1, -0.05) is 30.0 Å². The van der Waals surface area contributed by atoms with Crippen LogP contribution in [0.5, 0.6) is 5.75 Å². The number of amides is 1. The van der Waals surface area contributed by atoms with E-state index in [0.717, 1.165) is 17.0 Å². The highest BCUT2D eigenvalue weighted by Crippen LogP contribution is 2.31. The maximum atomic E-state index is 14.1. The number of alkyl halides is 1. The van der Waals surface area contributed by atoms with E-state index in [1.807, 2.05) is 30.3 Å². The first-order chi connectivity index (χ1) is 16.9. The molecule has 0 aliphatic heterocycles. The van der Waals surface area contributed by atoms with Crippen molar-refractivity contribution in [3.63, 3.8) is 0 Å². The molecule has 1 unspecified atom stereocenters. The summed E-state index contributed by atoms with van der Waals surface area (Å²) < 4.78 is 31.2. The number of carbonyl (C=O) groups is 1. The Morgan fingerprint density at radius 1 is 1.20 bits per heavy atom. The number of nitrogens with one attached hydrogen (secondary N) is 2. The van der Waals surface area contributed by atoms with Gasteiger partial charge < -0.3 is 20.1 Å². The van der Waals surface area contributed by atoms with E-state index in [2.05, 4.69) is 27.1 Å². The van der Waals surface area contributed by atoms with Crippen molar-refractivity contribution >= 4 is 16.8 Å². The van der Waals surface area contributed by atoms with E-state index < -0.39 is 24.4 Å². The van der Waals surface area contributed by atoms with Crippen LogP contribution in [0.1, 0.15) is 39.0 Å². The number of halogens is 2. The first kappa shape index (κ1) is 23.9. The minimum Gasteiger partial charge on any atom is -0.508 e. The third-order valence-corrected chi connectivity index (χ3v) is 5.25. The van der Waals surface area contributed by atoms with E-state index in [9.17, 15) is 18.7 Å². The van der Waals surface area contributed by atoms with Crippen LogP contribution in [0.2, 0.25) is 0 Å². The molecule has 0 aliphatic rings. The maximum Gasteiger partial charge on any atom is 0.270 e. The summed E-state index contributed by atoms with van der Waals surface area (Å²) in [5, 5.41) is 14.2. The summed E-state index contributed by atoms with van der Waals surface area (Å²) in [5.41, 5.74) is 2.82. The molecule has 35 heavy (non-hydrogen) atoms. The molecular weight excluding hydrogens is 452 g/mol. The molecule has 3 N–H and O–H groups in total. The number of aryl methyl sites for hydroxylation is 1. The van der Waals surface area contributed by atoms with Gasteiger partial charge in [0.1, 0.15) is 30.5 Å². The van der Waals surface area contributed by atoms with Gasteiger partial charge in [-0.15, -0.1) is 0 Å². The number of H-pyrrole nitrogens is 1. The van der Waals surface area contributed by atoms with E-state index >= 15 is 0 Å². The second-order valence-electron chi connectivity index (χ2n) is 7.85. The molecule has 8 heteroatoms. The number of phenols is 1. The summed E-state index contributed by atoms with van der Waals surface area (Å²) in [4.78, 5) is 20.8. The lowest BCUT2D eigenvalue weighted by Gasteiger charge is -2.19. The smallest absolute Gasteiger partial charge is 0.270 e.